The molecule has 2 rings (SSSR count). The van der Waals surface area contributed by atoms with Gasteiger partial charge in [-0.1, -0.05) is 0 Å². The number of nitriles is 1. The summed E-state index contributed by atoms with van der Waals surface area (Å²) in [7, 11) is 0. The van der Waals surface area contributed by atoms with Gasteiger partial charge in [0, 0.05) is 13.1 Å². The van der Waals surface area contributed by atoms with Crippen molar-refractivity contribution in [3.05, 3.63) is 22.2 Å². The highest BCUT2D eigenvalue weighted by Gasteiger charge is 2.17. The van der Waals surface area contributed by atoms with Crippen LogP contribution in [0.5, 0.6) is 11.5 Å². The number of rotatable bonds is 4. The predicted octanol–water partition coefficient (Wildman–Crippen LogP) is 2.43. The molecule has 0 spiro atoms. The second kappa shape index (κ2) is 5.39. The van der Waals surface area contributed by atoms with Crippen molar-refractivity contribution >= 4 is 15.9 Å². The molecule has 5 heteroatoms. The Labute approximate surface area is 109 Å². The largest absolute Gasteiger partial charge is 0.454 e. The van der Waals surface area contributed by atoms with E-state index in [-0.39, 0.29) is 12.7 Å². The number of nitrogens with one attached hydrogen (secondary N) is 1. The fourth-order valence-electron chi connectivity index (χ4n) is 1.60. The molecule has 0 fully saturated rings. The zero-order valence-corrected chi connectivity index (χ0v) is 11.1. The molecule has 1 aliphatic rings. The zero-order chi connectivity index (χ0) is 12.3. The van der Waals surface area contributed by atoms with Gasteiger partial charge in [0.25, 0.3) is 0 Å². The molecule has 1 aliphatic heterocycles. The van der Waals surface area contributed by atoms with E-state index in [1.807, 2.05) is 19.1 Å². The van der Waals surface area contributed by atoms with E-state index in [0.717, 1.165) is 21.5 Å². The normalized spacial score (nSPS) is 14.4. The molecule has 1 atom stereocenters. The summed E-state index contributed by atoms with van der Waals surface area (Å²) >= 11 is 3.45. The van der Waals surface area contributed by atoms with Gasteiger partial charge in [-0.2, -0.15) is 5.26 Å². The molecular formula is C12H13BrN2O2. The summed E-state index contributed by atoms with van der Waals surface area (Å²) < 4.78 is 11.5. The Morgan fingerprint density at radius 3 is 3.12 bits per heavy atom. The molecule has 0 amide bonds. The van der Waals surface area contributed by atoms with Gasteiger partial charge in [-0.3, -0.25) is 0 Å². The highest BCUT2D eigenvalue weighted by atomic mass is 79.9. The molecule has 0 radical (unpaired) electrons. The van der Waals surface area contributed by atoms with Crippen molar-refractivity contribution in [3.8, 4) is 17.6 Å². The third-order valence-electron chi connectivity index (χ3n) is 2.49. The Morgan fingerprint density at radius 2 is 2.35 bits per heavy atom. The van der Waals surface area contributed by atoms with E-state index in [1.165, 1.54) is 0 Å². The molecule has 1 N–H and O–H groups in total. The van der Waals surface area contributed by atoms with Crippen LogP contribution in [0.25, 0.3) is 0 Å². The van der Waals surface area contributed by atoms with Gasteiger partial charge in [-0.25, -0.2) is 0 Å². The lowest BCUT2D eigenvalue weighted by Gasteiger charge is -2.08. The maximum absolute atomic E-state index is 8.67. The van der Waals surface area contributed by atoms with Crippen LogP contribution >= 0.6 is 15.9 Å². The summed E-state index contributed by atoms with van der Waals surface area (Å²) in [6, 6.07) is 6.14. The fraction of sp³-hybridized carbons (Fsp3) is 0.417. The smallest absolute Gasteiger partial charge is 0.231 e. The second-order valence-corrected chi connectivity index (χ2v) is 4.83. The Balaban J connectivity index is 1.98. The molecule has 1 aromatic rings. The maximum Gasteiger partial charge on any atom is 0.231 e. The third kappa shape index (κ3) is 2.90. The summed E-state index contributed by atoms with van der Waals surface area (Å²) in [5.74, 6) is 1.55. The van der Waals surface area contributed by atoms with Crippen LogP contribution in [0.2, 0.25) is 0 Å². The van der Waals surface area contributed by atoms with Crippen LogP contribution in [0.1, 0.15) is 12.5 Å². The van der Waals surface area contributed by atoms with Crippen molar-refractivity contribution < 1.29 is 9.47 Å². The van der Waals surface area contributed by atoms with Gasteiger partial charge in [0.05, 0.1) is 16.5 Å². The molecule has 1 heterocycles. The Kier molecular flexibility index (Phi) is 3.87. The first-order valence-electron chi connectivity index (χ1n) is 5.39. The number of hydrogen-bond acceptors (Lipinski definition) is 4. The van der Waals surface area contributed by atoms with Gasteiger partial charge in [0.1, 0.15) is 0 Å². The third-order valence-corrected chi connectivity index (χ3v) is 3.08. The van der Waals surface area contributed by atoms with Gasteiger partial charge in [0.15, 0.2) is 11.5 Å². The van der Waals surface area contributed by atoms with E-state index in [1.54, 1.807) is 0 Å². The molecule has 1 unspecified atom stereocenters. The number of nitrogens with zero attached hydrogens (tertiary/aromatic N) is 1. The quantitative estimate of drug-likeness (QED) is 0.927. The molecule has 0 aliphatic carbocycles. The monoisotopic (exact) mass is 296 g/mol. The van der Waals surface area contributed by atoms with Crippen molar-refractivity contribution in [1.29, 1.82) is 5.26 Å². The average Bonchev–Trinajstić information content (AvgIpc) is 2.77. The van der Waals surface area contributed by atoms with Crippen LogP contribution < -0.4 is 14.8 Å². The van der Waals surface area contributed by atoms with Crippen LogP contribution in [-0.4, -0.2) is 13.3 Å². The van der Waals surface area contributed by atoms with Gasteiger partial charge < -0.3 is 14.8 Å². The first-order chi connectivity index (χ1) is 8.20. The van der Waals surface area contributed by atoms with Crippen LogP contribution in [0.15, 0.2) is 16.6 Å². The minimum absolute atomic E-state index is 0.0208. The lowest BCUT2D eigenvalue weighted by atomic mass is 10.2. The van der Waals surface area contributed by atoms with Gasteiger partial charge in [0.2, 0.25) is 6.79 Å². The fourth-order valence-corrected chi connectivity index (χ4v) is 2.21. The molecule has 0 bridgehead atoms. The van der Waals surface area contributed by atoms with Crippen molar-refractivity contribution in [1.82, 2.24) is 5.32 Å². The zero-order valence-electron chi connectivity index (χ0n) is 9.50. The summed E-state index contributed by atoms with van der Waals surface area (Å²) in [6.07, 6.45) is 0. The van der Waals surface area contributed by atoms with E-state index in [2.05, 4.69) is 27.3 Å². The summed E-state index contributed by atoms with van der Waals surface area (Å²) in [5, 5.41) is 11.9. The Morgan fingerprint density at radius 1 is 1.53 bits per heavy atom. The molecule has 1 aromatic carbocycles. The van der Waals surface area contributed by atoms with E-state index in [0.29, 0.717) is 13.1 Å². The van der Waals surface area contributed by atoms with Gasteiger partial charge in [-0.05, 0) is 40.5 Å². The number of benzene rings is 1. The minimum atomic E-state index is 0.0208. The molecular weight excluding hydrogens is 284 g/mol. The van der Waals surface area contributed by atoms with Crippen LogP contribution in [0.4, 0.5) is 0 Å². The lowest BCUT2D eigenvalue weighted by molar-refractivity contribution is 0.173. The van der Waals surface area contributed by atoms with Gasteiger partial charge >= 0.3 is 0 Å². The molecule has 17 heavy (non-hydrogen) atoms. The van der Waals surface area contributed by atoms with Crippen molar-refractivity contribution in [2.75, 3.05) is 13.3 Å². The SMILES string of the molecule is CC(C#N)CNCc1cc(Br)c2c(c1)OCO2. The lowest BCUT2D eigenvalue weighted by Crippen LogP contribution is -2.19. The summed E-state index contributed by atoms with van der Waals surface area (Å²) in [6.45, 7) is 3.56. The first kappa shape index (κ1) is 12.2. The molecule has 90 valence electrons. The van der Waals surface area contributed by atoms with E-state index >= 15 is 0 Å². The van der Waals surface area contributed by atoms with E-state index < -0.39 is 0 Å². The maximum atomic E-state index is 8.67. The van der Waals surface area contributed by atoms with Crippen molar-refractivity contribution in [3.63, 3.8) is 0 Å². The Bertz CT molecular complexity index is 457. The molecule has 4 nitrogen and oxygen atoms in total. The molecule has 0 saturated carbocycles. The summed E-state index contributed by atoms with van der Waals surface area (Å²) in [4.78, 5) is 0. The number of ether oxygens (including phenoxy) is 2. The Hall–Kier alpha value is -1.25. The summed E-state index contributed by atoms with van der Waals surface area (Å²) in [5.41, 5.74) is 1.10. The van der Waals surface area contributed by atoms with Crippen molar-refractivity contribution in [2.45, 2.75) is 13.5 Å². The van der Waals surface area contributed by atoms with Crippen molar-refractivity contribution in [2.24, 2.45) is 5.92 Å². The predicted molar refractivity (Wildman–Crippen MR) is 66.7 cm³/mol. The number of halogens is 1. The minimum Gasteiger partial charge on any atom is -0.454 e. The average molecular weight is 297 g/mol. The highest BCUT2D eigenvalue weighted by molar-refractivity contribution is 9.10. The van der Waals surface area contributed by atoms with Crippen LogP contribution in [0.3, 0.4) is 0 Å². The number of fused-ring (bicyclic) bond motifs is 1. The van der Waals surface area contributed by atoms with Gasteiger partial charge in [-0.15, -0.1) is 0 Å². The van der Waals surface area contributed by atoms with E-state index in [9.17, 15) is 0 Å². The first-order valence-corrected chi connectivity index (χ1v) is 6.18. The van der Waals surface area contributed by atoms with E-state index in [4.69, 9.17) is 14.7 Å². The standard InChI is InChI=1S/C12H13BrN2O2/c1-8(4-14)5-15-6-9-2-10(13)12-11(3-9)16-7-17-12/h2-3,8,15H,5-7H2,1H3. The highest BCUT2D eigenvalue weighted by Crippen LogP contribution is 2.39. The van der Waals surface area contributed by atoms with Crippen LogP contribution in [-0.2, 0) is 6.54 Å². The van der Waals surface area contributed by atoms with Crippen LogP contribution in [0, 0.1) is 17.2 Å². The molecule has 0 saturated heterocycles. The number of hydrogen-bond donors (Lipinski definition) is 1. The second-order valence-electron chi connectivity index (χ2n) is 3.97. The molecule has 0 aromatic heterocycles. The topological polar surface area (TPSA) is 54.3 Å².